The van der Waals surface area contributed by atoms with E-state index in [1.54, 1.807) is 0 Å². The number of hydrogen-bond donors (Lipinski definition) is 4. The van der Waals surface area contributed by atoms with Gasteiger partial charge < -0.3 is 11.5 Å². The molecule has 0 aromatic carbocycles. The van der Waals surface area contributed by atoms with Gasteiger partial charge in [-0.05, 0) is 0 Å². The van der Waals surface area contributed by atoms with E-state index in [2.05, 4.69) is 9.97 Å². The maximum atomic E-state index is 10.8. The van der Waals surface area contributed by atoms with Crippen molar-refractivity contribution < 1.29 is 9.59 Å². The van der Waals surface area contributed by atoms with Crippen molar-refractivity contribution in [2.45, 2.75) is 0 Å². The highest BCUT2D eigenvalue weighted by Gasteiger charge is 2.16. The van der Waals surface area contributed by atoms with Crippen LogP contribution in [0.1, 0.15) is 0 Å². The van der Waals surface area contributed by atoms with Crippen LogP contribution in [0.15, 0.2) is 6.07 Å². The molecule has 0 aliphatic rings. The number of hydrogen-bond acceptors (Lipinski definition) is 6. The first-order valence-electron chi connectivity index (χ1n) is 4.06. The van der Waals surface area contributed by atoms with Crippen molar-refractivity contribution >= 4 is 35.4 Å². The highest BCUT2D eigenvalue weighted by molar-refractivity contribution is 6.29. The molecular weight excluding hydrogens is 252 g/mol. The zero-order chi connectivity index (χ0) is 13.2. The number of anilines is 2. The van der Waals surface area contributed by atoms with Gasteiger partial charge in [0.15, 0.2) is 5.82 Å². The first-order valence-corrected chi connectivity index (χ1v) is 4.44. The van der Waals surface area contributed by atoms with Gasteiger partial charge in [-0.15, -0.1) is 0 Å². The number of nitrogens with two attached hydrogens (primary N) is 4. The summed E-state index contributed by atoms with van der Waals surface area (Å²) >= 11 is 5.63. The third-order valence-electron chi connectivity index (χ3n) is 1.61. The summed E-state index contributed by atoms with van der Waals surface area (Å²) in [6.45, 7) is 0. The Bertz CT molecular complexity index is 427. The lowest BCUT2D eigenvalue weighted by molar-refractivity contribution is 0.253. The topological polar surface area (TPSA) is 170 Å². The zero-order valence-corrected chi connectivity index (χ0v) is 9.13. The molecule has 0 radical (unpaired) electrons. The van der Waals surface area contributed by atoms with E-state index in [1.165, 1.54) is 0 Å². The number of hydrazine groups is 2. The Kier molecular flexibility index (Phi) is 3.62. The van der Waals surface area contributed by atoms with Crippen LogP contribution in [0.3, 0.4) is 0 Å². The molecule has 1 heterocycles. The van der Waals surface area contributed by atoms with E-state index >= 15 is 0 Å². The maximum absolute atomic E-state index is 10.8. The number of urea groups is 2. The van der Waals surface area contributed by atoms with Crippen molar-refractivity contribution in [2.24, 2.45) is 23.2 Å². The Morgan fingerprint density at radius 1 is 1.12 bits per heavy atom. The lowest BCUT2D eigenvalue weighted by Gasteiger charge is -2.16. The summed E-state index contributed by atoms with van der Waals surface area (Å²) in [5.41, 5.74) is 9.83. The molecule has 0 aliphatic carbocycles. The summed E-state index contributed by atoms with van der Waals surface area (Å²) in [7, 11) is 0. The number of carbonyl (C=O) groups is 2. The molecule has 17 heavy (non-hydrogen) atoms. The Hall–Kier alpha value is -2.17. The third-order valence-corrected chi connectivity index (χ3v) is 1.80. The first-order chi connectivity index (χ1) is 7.82. The monoisotopic (exact) mass is 260 g/mol. The van der Waals surface area contributed by atoms with E-state index < -0.39 is 12.1 Å². The summed E-state index contributed by atoms with van der Waals surface area (Å²) in [5.74, 6) is 10.1. The van der Waals surface area contributed by atoms with Crippen molar-refractivity contribution in [3.8, 4) is 0 Å². The number of carbonyl (C=O) groups excluding carboxylic acids is 2. The van der Waals surface area contributed by atoms with Gasteiger partial charge in [0.2, 0.25) is 0 Å². The van der Waals surface area contributed by atoms with Crippen molar-refractivity contribution in [2.75, 3.05) is 10.0 Å². The van der Waals surface area contributed by atoms with E-state index in [9.17, 15) is 9.59 Å². The SMILES string of the molecule is NC(=O)N(N)c1cc(Cl)nc(N(N)C(N)=O)n1. The zero-order valence-electron chi connectivity index (χ0n) is 8.37. The van der Waals surface area contributed by atoms with Gasteiger partial charge in [0.05, 0.1) is 0 Å². The van der Waals surface area contributed by atoms with E-state index in [0.717, 1.165) is 6.07 Å². The molecule has 0 spiro atoms. The average Bonchev–Trinajstić information content (AvgIpc) is 2.25. The lowest BCUT2D eigenvalue weighted by Crippen LogP contribution is -2.44. The van der Waals surface area contributed by atoms with Gasteiger partial charge >= 0.3 is 12.1 Å². The molecule has 0 saturated heterocycles. The van der Waals surface area contributed by atoms with Gasteiger partial charge in [0, 0.05) is 6.07 Å². The van der Waals surface area contributed by atoms with Crippen LogP contribution < -0.4 is 33.2 Å². The van der Waals surface area contributed by atoms with E-state index in [0.29, 0.717) is 10.0 Å². The predicted molar refractivity (Wildman–Crippen MR) is 59.5 cm³/mol. The molecule has 0 unspecified atom stereocenters. The lowest BCUT2D eigenvalue weighted by atomic mass is 10.5. The molecule has 92 valence electrons. The van der Waals surface area contributed by atoms with Crippen molar-refractivity contribution in [1.82, 2.24) is 9.97 Å². The predicted octanol–water partition coefficient (Wildman–Crippen LogP) is -1.35. The second-order valence-electron chi connectivity index (χ2n) is 2.77. The van der Waals surface area contributed by atoms with Gasteiger partial charge in [-0.3, -0.25) is 0 Å². The molecule has 0 fully saturated rings. The number of nitrogens with zero attached hydrogens (tertiary/aromatic N) is 4. The molecule has 0 atom stereocenters. The van der Waals surface area contributed by atoms with E-state index in [1.807, 2.05) is 0 Å². The van der Waals surface area contributed by atoms with Crippen LogP contribution in [0.2, 0.25) is 5.15 Å². The Morgan fingerprint density at radius 2 is 1.65 bits per heavy atom. The molecule has 1 aromatic rings. The molecule has 10 nitrogen and oxygen atoms in total. The van der Waals surface area contributed by atoms with Crippen molar-refractivity contribution in [1.29, 1.82) is 0 Å². The number of amides is 4. The molecular formula is C6H9ClN8O2. The van der Waals surface area contributed by atoms with E-state index in [-0.39, 0.29) is 16.9 Å². The maximum Gasteiger partial charge on any atom is 0.336 e. The highest BCUT2D eigenvalue weighted by Crippen LogP contribution is 2.17. The van der Waals surface area contributed by atoms with Gasteiger partial charge in [0.25, 0.3) is 5.95 Å². The minimum atomic E-state index is -1.01. The Balaban J connectivity index is 3.19. The average molecular weight is 261 g/mol. The summed E-state index contributed by atoms with van der Waals surface area (Å²) in [4.78, 5) is 28.9. The Labute approximate surface area is 100 Å². The first kappa shape index (κ1) is 12.9. The van der Waals surface area contributed by atoms with Crippen LogP contribution in [-0.4, -0.2) is 22.0 Å². The second-order valence-corrected chi connectivity index (χ2v) is 3.15. The molecule has 4 amide bonds. The molecule has 1 aromatic heterocycles. The van der Waals surface area contributed by atoms with Gasteiger partial charge in [0.1, 0.15) is 5.15 Å². The molecule has 0 aliphatic heterocycles. The van der Waals surface area contributed by atoms with Gasteiger partial charge in [-0.1, -0.05) is 11.6 Å². The van der Waals surface area contributed by atoms with Crippen LogP contribution in [-0.2, 0) is 0 Å². The Morgan fingerprint density at radius 3 is 2.12 bits per heavy atom. The number of halogens is 1. The van der Waals surface area contributed by atoms with Crippen LogP contribution in [0, 0.1) is 0 Å². The quantitative estimate of drug-likeness (QED) is 0.221. The van der Waals surface area contributed by atoms with Crippen LogP contribution in [0.25, 0.3) is 0 Å². The molecule has 0 bridgehead atoms. The molecule has 8 N–H and O–H groups in total. The van der Waals surface area contributed by atoms with Crippen LogP contribution in [0.5, 0.6) is 0 Å². The molecule has 1 rings (SSSR count). The smallest absolute Gasteiger partial charge is 0.336 e. The number of aromatic nitrogens is 2. The minimum absolute atomic E-state index is 0.0987. The van der Waals surface area contributed by atoms with E-state index in [4.69, 9.17) is 34.8 Å². The van der Waals surface area contributed by atoms with Crippen LogP contribution in [0.4, 0.5) is 21.4 Å². The van der Waals surface area contributed by atoms with Crippen LogP contribution >= 0.6 is 11.6 Å². The van der Waals surface area contributed by atoms with Crippen molar-refractivity contribution in [3.63, 3.8) is 0 Å². The largest absolute Gasteiger partial charge is 0.350 e. The minimum Gasteiger partial charge on any atom is -0.350 e. The normalized spacial score (nSPS) is 9.82. The van der Waals surface area contributed by atoms with Gasteiger partial charge in [-0.2, -0.15) is 15.0 Å². The summed E-state index contributed by atoms with van der Waals surface area (Å²) in [5, 5.41) is 0.842. The summed E-state index contributed by atoms with van der Waals surface area (Å²) < 4.78 is 0. The molecule has 11 heteroatoms. The highest BCUT2D eigenvalue weighted by atomic mass is 35.5. The standard InChI is InChI=1S/C6H9ClN8O2/c7-2-1-3(14(10)4(8)16)13-6(12-2)15(11)5(9)17/h1H,10-11H2,(H2,8,16)(H2,9,17). The van der Waals surface area contributed by atoms with Crippen molar-refractivity contribution in [3.05, 3.63) is 11.2 Å². The second kappa shape index (κ2) is 4.78. The fourth-order valence-corrected chi connectivity index (χ4v) is 1.01. The van der Waals surface area contributed by atoms with Gasteiger partial charge in [-0.25, -0.2) is 26.3 Å². The fourth-order valence-electron chi connectivity index (χ4n) is 0.837. The summed E-state index contributed by atoms with van der Waals surface area (Å²) in [6.07, 6.45) is 0. The number of rotatable bonds is 2. The number of primary amides is 2. The molecule has 0 saturated carbocycles. The summed E-state index contributed by atoms with van der Waals surface area (Å²) in [6, 6.07) is -0.834. The fraction of sp³-hybridized carbons (Fsp3) is 0. The third kappa shape index (κ3) is 2.90.